The second kappa shape index (κ2) is 14.6. The van der Waals surface area contributed by atoms with Gasteiger partial charge in [-0.05, 0) is 26.2 Å². The minimum Gasteiger partial charge on any atom is -0.481 e. The van der Waals surface area contributed by atoms with Crippen LogP contribution in [0.15, 0.2) is 12.2 Å². The third kappa shape index (κ3) is 17.8. The zero-order chi connectivity index (χ0) is 20.7. The number of carboxylic acids is 1. The van der Waals surface area contributed by atoms with Gasteiger partial charge in [0.05, 0.1) is 33.7 Å². The van der Waals surface area contributed by atoms with Gasteiger partial charge in [0.2, 0.25) is 0 Å². The van der Waals surface area contributed by atoms with E-state index < -0.39 is 12.1 Å². The van der Waals surface area contributed by atoms with Gasteiger partial charge in [0.25, 0.3) is 0 Å². The standard InChI is InChI=1S/C21H39NO5/c1-5-6-13-18(23)14-11-9-7-8-10-12-15-21(26)27-19(16-20(24)25)17-22(2,3)4/h5-6,18-19,23H,7-17H2,1-4H3/p+1/b6-5+. The highest BCUT2D eigenvalue weighted by Crippen LogP contribution is 2.13. The number of allylic oxidation sites excluding steroid dienone is 1. The minimum absolute atomic E-state index is 0.152. The van der Waals surface area contributed by atoms with Crippen LogP contribution in [0.4, 0.5) is 0 Å². The van der Waals surface area contributed by atoms with Gasteiger partial charge >= 0.3 is 11.9 Å². The number of hydrogen-bond acceptors (Lipinski definition) is 4. The molecule has 2 unspecified atom stereocenters. The van der Waals surface area contributed by atoms with E-state index in [2.05, 4.69) is 0 Å². The molecule has 2 N–H and O–H groups in total. The lowest BCUT2D eigenvalue weighted by Gasteiger charge is -2.28. The molecule has 0 saturated heterocycles. The first-order chi connectivity index (χ1) is 12.6. The van der Waals surface area contributed by atoms with Crippen LogP contribution < -0.4 is 0 Å². The molecule has 2 atom stereocenters. The summed E-state index contributed by atoms with van der Waals surface area (Å²) in [5, 5.41) is 18.7. The largest absolute Gasteiger partial charge is 0.481 e. The van der Waals surface area contributed by atoms with E-state index in [0.29, 0.717) is 17.4 Å². The summed E-state index contributed by atoms with van der Waals surface area (Å²) >= 11 is 0. The summed E-state index contributed by atoms with van der Waals surface area (Å²) in [6.07, 6.45) is 10.9. The Kier molecular flexibility index (Phi) is 13.9. The third-order valence-corrected chi connectivity index (χ3v) is 4.26. The van der Waals surface area contributed by atoms with Crippen LogP contribution in [0, 0.1) is 0 Å². The first-order valence-electron chi connectivity index (χ1n) is 10.1. The highest BCUT2D eigenvalue weighted by molar-refractivity contribution is 5.71. The Balaban J connectivity index is 3.81. The fourth-order valence-corrected chi connectivity index (χ4v) is 2.96. The minimum atomic E-state index is -0.947. The van der Waals surface area contributed by atoms with Crippen LogP contribution in [0.1, 0.15) is 71.1 Å². The predicted octanol–water partition coefficient (Wildman–Crippen LogP) is 3.53. The van der Waals surface area contributed by atoms with Crippen molar-refractivity contribution in [3.63, 3.8) is 0 Å². The highest BCUT2D eigenvalue weighted by Gasteiger charge is 2.24. The number of quaternary nitrogens is 1. The highest BCUT2D eigenvalue weighted by atomic mass is 16.5. The van der Waals surface area contributed by atoms with Crippen molar-refractivity contribution in [2.45, 2.75) is 83.3 Å². The molecule has 158 valence electrons. The van der Waals surface area contributed by atoms with Crippen LogP contribution >= 0.6 is 0 Å². The zero-order valence-corrected chi connectivity index (χ0v) is 17.7. The predicted molar refractivity (Wildman–Crippen MR) is 107 cm³/mol. The topological polar surface area (TPSA) is 83.8 Å². The van der Waals surface area contributed by atoms with E-state index in [9.17, 15) is 14.7 Å². The lowest BCUT2D eigenvalue weighted by Crippen LogP contribution is -2.43. The van der Waals surface area contributed by atoms with Gasteiger partial charge in [-0.2, -0.15) is 0 Å². The van der Waals surface area contributed by atoms with Crippen LogP contribution in [-0.4, -0.2) is 66.5 Å². The van der Waals surface area contributed by atoms with Crippen LogP contribution in [0.5, 0.6) is 0 Å². The van der Waals surface area contributed by atoms with Crippen molar-refractivity contribution in [2.75, 3.05) is 27.7 Å². The number of ether oxygens (including phenoxy) is 1. The van der Waals surface area contributed by atoms with Gasteiger partial charge in [-0.15, -0.1) is 0 Å². The van der Waals surface area contributed by atoms with Crippen LogP contribution in [-0.2, 0) is 14.3 Å². The van der Waals surface area contributed by atoms with Crippen molar-refractivity contribution in [1.82, 2.24) is 0 Å². The first kappa shape index (κ1) is 25.6. The molecule has 0 aliphatic rings. The molecule has 0 radical (unpaired) electrons. The number of unbranched alkanes of at least 4 members (excludes halogenated alkanes) is 5. The Morgan fingerprint density at radius 2 is 1.63 bits per heavy atom. The van der Waals surface area contributed by atoms with Gasteiger partial charge < -0.3 is 19.4 Å². The van der Waals surface area contributed by atoms with Gasteiger partial charge in [-0.3, -0.25) is 9.59 Å². The molecule has 0 aromatic heterocycles. The van der Waals surface area contributed by atoms with E-state index >= 15 is 0 Å². The van der Waals surface area contributed by atoms with Gasteiger partial charge in [0.1, 0.15) is 6.54 Å². The molecule has 6 nitrogen and oxygen atoms in total. The molecule has 0 aliphatic heterocycles. The molecule has 0 saturated carbocycles. The number of esters is 1. The maximum atomic E-state index is 12.0. The van der Waals surface area contributed by atoms with Crippen molar-refractivity contribution in [3.05, 3.63) is 12.2 Å². The van der Waals surface area contributed by atoms with Gasteiger partial charge in [0, 0.05) is 6.42 Å². The number of carboxylic acid groups (broad SMARTS) is 1. The Morgan fingerprint density at radius 3 is 2.19 bits per heavy atom. The number of aliphatic carboxylic acids is 1. The SMILES string of the molecule is C/C=C/CC(O)CCCCCCCCC(=O)OC(CC(=O)O)C[N+](C)(C)C. The summed E-state index contributed by atoms with van der Waals surface area (Å²) in [5.74, 6) is -1.25. The molecular formula is C21H40NO5+. The molecule has 0 fully saturated rings. The van der Waals surface area contributed by atoms with E-state index in [-0.39, 0.29) is 18.5 Å². The summed E-state index contributed by atoms with van der Waals surface area (Å²) in [6.45, 7) is 2.44. The maximum absolute atomic E-state index is 12.0. The summed E-state index contributed by atoms with van der Waals surface area (Å²) in [4.78, 5) is 22.9. The van der Waals surface area contributed by atoms with Crippen molar-refractivity contribution in [3.8, 4) is 0 Å². The van der Waals surface area contributed by atoms with E-state index in [0.717, 1.165) is 51.4 Å². The second-order valence-electron chi connectivity index (χ2n) is 8.30. The van der Waals surface area contributed by atoms with Crippen LogP contribution in [0.25, 0.3) is 0 Å². The van der Waals surface area contributed by atoms with E-state index in [1.807, 2.05) is 40.2 Å². The fourth-order valence-electron chi connectivity index (χ4n) is 2.96. The number of rotatable bonds is 16. The summed E-state index contributed by atoms with van der Waals surface area (Å²) in [7, 11) is 5.84. The summed E-state index contributed by atoms with van der Waals surface area (Å²) < 4.78 is 5.92. The first-order valence-corrected chi connectivity index (χ1v) is 10.1. The van der Waals surface area contributed by atoms with Gasteiger partial charge in [0.15, 0.2) is 6.10 Å². The average molecular weight is 387 g/mol. The van der Waals surface area contributed by atoms with Crippen LogP contribution in [0.2, 0.25) is 0 Å². The fraction of sp³-hybridized carbons (Fsp3) is 0.810. The molecule has 6 heteroatoms. The maximum Gasteiger partial charge on any atom is 0.307 e. The lowest BCUT2D eigenvalue weighted by molar-refractivity contribution is -0.873. The number of nitrogens with zero attached hydrogens (tertiary/aromatic N) is 1. The zero-order valence-electron chi connectivity index (χ0n) is 17.7. The normalized spacial score (nSPS) is 14.3. The van der Waals surface area contributed by atoms with Gasteiger partial charge in [-0.25, -0.2) is 0 Å². The molecule has 27 heavy (non-hydrogen) atoms. The molecule has 0 aromatic carbocycles. The van der Waals surface area contributed by atoms with E-state index in [1.165, 1.54) is 0 Å². The molecule has 0 rings (SSSR count). The number of carbonyl (C=O) groups is 2. The molecule has 0 heterocycles. The Hall–Kier alpha value is -1.40. The number of likely N-dealkylation sites (N-methyl/N-ethyl adjacent to an activating group) is 1. The van der Waals surface area contributed by atoms with Gasteiger partial charge in [-0.1, -0.05) is 44.3 Å². The lowest BCUT2D eigenvalue weighted by atomic mass is 10.0. The van der Waals surface area contributed by atoms with Crippen molar-refractivity contribution < 1.29 is 29.0 Å². The van der Waals surface area contributed by atoms with Crippen molar-refractivity contribution >= 4 is 11.9 Å². The Bertz CT molecular complexity index is 442. The van der Waals surface area contributed by atoms with Crippen molar-refractivity contribution in [2.24, 2.45) is 0 Å². The average Bonchev–Trinajstić information content (AvgIpc) is 2.53. The summed E-state index contributed by atoms with van der Waals surface area (Å²) in [5.41, 5.74) is 0. The molecule has 0 bridgehead atoms. The Labute approximate surface area is 164 Å². The number of hydrogen-bond donors (Lipinski definition) is 2. The van der Waals surface area contributed by atoms with Crippen molar-refractivity contribution in [1.29, 1.82) is 0 Å². The number of aliphatic hydroxyl groups is 1. The summed E-state index contributed by atoms with van der Waals surface area (Å²) in [6, 6.07) is 0. The monoisotopic (exact) mass is 386 g/mol. The smallest absolute Gasteiger partial charge is 0.307 e. The van der Waals surface area contributed by atoms with E-state index in [1.54, 1.807) is 0 Å². The molecular weight excluding hydrogens is 346 g/mol. The quantitative estimate of drug-likeness (QED) is 0.183. The molecule has 0 aliphatic carbocycles. The molecule has 0 amide bonds. The van der Waals surface area contributed by atoms with E-state index in [4.69, 9.17) is 9.84 Å². The molecule has 0 aromatic rings. The Morgan fingerprint density at radius 1 is 1.04 bits per heavy atom. The number of aliphatic hydroxyl groups excluding tert-OH is 1. The second-order valence-corrected chi connectivity index (χ2v) is 8.30. The van der Waals surface area contributed by atoms with Crippen LogP contribution in [0.3, 0.4) is 0 Å². The third-order valence-electron chi connectivity index (χ3n) is 4.26. The number of carbonyl (C=O) groups excluding carboxylic acids is 1. The molecule has 0 spiro atoms.